The molecule has 0 aliphatic heterocycles. The first-order valence-corrected chi connectivity index (χ1v) is 4.89. The SMILES string of the molecule is O=CC=Cc1cccc(-c2ncccn2)c1. The molecule has 78 valence electrons. The lowest BCUT2D eigenvalue weighted by Crippen LogP contribution is -1.86. The maximum Gasteiger partial charge on any atom is 0.159 e. The third kappa shape index (κ3) is 2.39. The monoisotopic (exact) mass is 210 g/mol. The third-order valence-electron chi connectivity index (χ3n) is 2.08. The minimum Gasteiger partial charge on any atom is -0.299 e. The first-order chi connectivity index (χ1) is 7.90. The molecule has 0 radical (unpaired) electrons. The van der Waals surface area contributed by atoms with Crippen LogP contribution in [0.2, 0.25) is 0 Å². The van der Waals surface area contributed by atoms with E-state index in [2.05, 4.69) is 9.97 Å². The second-order valence-electron chi connectivity index (χ2n) is 3.19. The number of benzene rings is 1. The normalized spacial score (nSPS) is 10.5. The van der Waals surface area contributed by atoms with E-state index in [1.54, 1.807) is 24.5 Å². The van der Waals surface area contributed by atoms with Gasteiger partial charge in [0.05, 0.1) is 0 Å². The molecule has 3 nitrogen and oxygen atoms in total. The average molecular weight is 210 g/mol. The second-order valence-corrected chi connectivity index (χ2v) is 3.19. The molecule has 0 N–H and O–H groups in total. The first-order valence-electron chi connectivity index (χ1n) is 4.89. The summed E-state index contributed by atoms with van der Waals surface area (Å²) in [5.41, 5.74) is 1.89. The lowest BCUT2D eigenvalue weighted by atomic mass is 10.1. The predicted molar refractivity (Wildman–Crippen MR) is 62.6 cm³/mol. The van der Waals surface area contributed by atoms with Gasteiger partial charge >= 0.3 is 0 Å². The number of carbonyl (C=O) groups is 1. The smallest absolute Gasteiger partial charge is 0.159 e. The molecule has 16 heavy (non-hydrogen) atoms. The highest BCUT2D eigenvalue weighted by molar-refractivity contribution is 5.74. The van der Waals surface area contributed by atoms with Crippen LogP contribution in [0.4, 0.5) is 0 Å². The van der Waals surface area contributed by atoms with Gasteiger partial charge in [0.15, 0.2) is 5.82 Å². The zero-order valence-corrected chi connectivity index (χ0v) is 8.58. The summed E-state index contributed by atoms with van der Waals surface area (Å²) in [6, 6.07) is 9.49. The van der Waals surface area contributed by atoms with Crippen LogP contribution in [-0.4, -0.2) is 16.3 Å². The van der Waals surface area contributed by atoms with Crippen molar-refractivity contribution in [1.29, 1.82) is 0 Å². The molecule has 0 amide bonds. The molecule has 0 spiro atoms. The molecule has 0 fully saturated rings. The summed E-state index contributed by atoms with van der Waals surface area (Å²) in [7, 11) is 0. The lowest BCUT2D eigenvalue weighted by Gasteiger charge is -2.00. The molecule has 0 aliphatic carbocycles. The number of hydrogen-bond donors (Lipinski definition) is 0. The van der Waals surface area contributed by atoms with E-state index in [-0.39, 0.29) is 0 Å². The van der Waals surface area contributed by atoms with Crippen LogP contribution in [-0.2, 0) is 4.79 Å². The number of carbonyl (C=O) groups excluding carboxylic acids is 1. The van der Waals surface area contributed by atoms with Crippen molar-refractivity contribution in [3.05, 3.63) is 54.4 Å². The standard InChI is InChI=1S/C13H10N2O/c16-9-2-5-11-4-1-6-12(10-11)13-14-7-3-8-15-13/h1-10H. The number of aldehydes is 1. The van der Waals surface area contributed by atoms with Gasteiger partial charge in [-0.25, -0.2) is 9.97 Å². The molecular formula is C13H10N2O. The third-order valence-corrected chi connectivity index (χ3v) is 2.08. The Morgan fingerprint density at radius 2 is 1.88 bits per heavy atom. The van der Waals surface area contributed by atoms with E-state index in [1.807, 2.05) is 24.3 Å². The van der Waals surface area contributed by atoms with E-state index < -0.39 is 0 Å². The minimum absolute atomic E-state index is 0.684. The molecule has 0 bridgehead atoms. The van der Waals surface area contributed by atoms with Crippen molar-refractivity contribution in [2.75, 3.05) is 0 Å². The van der Waals surface area contributed by atoms with Crippen LogP contribution < -0.4 is 0 Å². The molecule has 0 aliphatic rings. The van der Waals surface area contributed by atoms with E-state index in [1.165, 1.54) is 6.08 Å². The average Bonchev–Trinajstić information content (AvgIpc) is 2.38. The molecule has 1 heterocycles. The van der Waals surface area contributed by atoms with Crippen LogP contribution in [0.1, 0.15) is 5.56 Å². The number of aromatic nitrogens is 2. The van der Waals surface area contributed by atoms with Crippen molar-refractivity contribution in [1.82, 2.24) is 9.97 Å². The molecule has 2 aromatic rings. The van der Waals surface area contributed by atoms with Gasteiger partial charge in [-0.1, -0.05) is 24.3 Å². The van der Waals surface area contributed by atoms with E-state index >= 15 is 0 Å². The summed E-state index contributed by atoms with van der Waals surface area (Å²) in [6.07, 6.45) is 7.38. The highest BCUT2D eigenvalue weighted by Crippen LogP contribution is 2.16. The van der Waals surface area contributed by atoms with Crippen LogP contribution in [0.25, 0.3) is 17.5 Å². The van der Waals surface area contributed by atoms with Gasteiger partial charge in [-0.05, 0) is 23.8 Å². The quantitative estimate of drug-likeness (QED) is 0.577. The van der Waals surface area contributed by atoms with E-state index in [0.29, 0.717) is 5.82 Å². The Morgan fingerprint density at radius 1 is 1.06 bits per heavy atom. The van der Waals surface area contributed by atoms with E-state index in [4.69, 9.17) is 0 Å². The van der Waals surface area contributed by atoms with Crippen LogP contribution in [0.5, 0.6) is 0 Å². The molecule has 2 rings (SSSR count). The fourth-order valence-corrected chi connectivity index (χ4v) is 1.38. The summed E-state index contributed by atoms with van der Waals surface area (Å²) in [5.74, 6) is 0.684. The highest BCUT2D eigenvalue weighted by atomic mass is 16.1. The Hall–Kier alpha value is -2.29. The van der Waals surface area contributed by atoms with Gasteiger partial charge in [-0.15, -0.1) is 0 Å². The first kappa shape index (κ1) is 10.2. The Labute approximate surface area is 93.5 Å². The molecule has 1 aromatic carbocycles. The molecule has 0 saturated carbocycles. The maximum absolute atomic E-state index is 10.2. The fraction of sp³-hybridized carbons (Fsp3) is 0. The fourth-order valence-electron chi connectivity index (χ4n) is 1.38. The zero-order chi connectivity index (χ0) is 11.2. The summed E-state index contributed by atoms with van der Waals surface area (Å²) < 4.78 is 0. The minimum atomic E-state index is 0.684. The van der Waals surface area contributed by atoms with Crippen LogP contribution in [0.15, 0.2) is 48.8 Å². The van der Waals surface area contributed by atoms with Crippen molar-refractivity contribution >= 4 is 12.4 Å². The Balaban J connectivity index is 2.36. The largest absolute Gasteiger partial charge is 0.299 e. The second kappa shape index (κ2) is 4.98. The highest BCUT2D eigenvalue weighted by Gasteiger charge is 1.99. The van der Waals surface area contributed by atoms with Gasteiger partial charge in [-0.2, -0.15) is 0 Å². The van der Waals surface area contributed by atoms with Crippen LogP contribution in [0, 0.1) is 0 Å². The van der Waals surface area contributed by atoms with Gasteiger partial charge in [-0.3, -0.25) is 4.79 Å². The number of allylic oxidation sites excluding steroid dienone is 1. The summed E-state index contributed by atoms with van der Waals surface area (Å²) >= 11 is 0. The Bertz CT molecular complexity index is 506. The summed E-state index contributed by atoms with van der Waals surface area (Å²) in [6.45, 7) is 0. The number of hydrogen-bond acceptors (Lipinski definition) is 3. The van der Waals surface area contributed by atoms with Crippen LogP contribution in [0.3, 0.4) is 0 Å². The Kier molecular flexibility index (Phi) is 3.18. The van der Waals surface area contributed by atoms with Crippen molar-refractivity contribution < 1.29 is 4.79 Å². The molecule has 0 atom stereocenters. The Morgan fingerprint density at radius 3 is 2.62 bits per heavy atom. The molecule has 0 saturated heterocycles. The molecule has 0 unspecified atom stereocenters. The van der Waals surface area contributed by atoms with E-state index in [0.717, 1.165) is 17.4 Å². The van der Waals surface area contributed by atoms with Gasteiger partial charge < -0.3 is 0 Å². The van der Waals surface area contributed by atoms with Gasteiger partial charge in [0.25, 0.3) is 0 Å². The van der Waals surface area contributed by atoms with E-state index in [9.17, 15) is 4.79 Å². The lowest BCUT2D eigenvalue weighted by molar-refractivity contribution is -0.104. The molecule has 3 heteroatoms. The zero-order valence-electron chi connectivity index (χ0n) is 8.58. The van der Waals surface area contributed by atoms with Crippen LogP contribution >= 0.6 is 0 Å². The van der Waals surface area contributed by atoms with Crippen molar-refractivity contribution in [3.8, 4) is 11.4 Å². The maximum atomic E-state index is 10.2. The summed E-state index contributed by atoms with van der Waals surface area (Å²) in [4.78, 5) is 18.6. The summed E-state index contributed by atoms with van der Waals surface area (Å²) in [5, 5.41) is 0. The molecule has 1 aromatic heterocycles. The topological polar surface area (TPSA) is 42.9 Å². The predicted octanol–water partition coefficient (Wildman–Crippen LogP) is 2.36. The van der Waals surface area contributed by atoms with Crippen molar-refractivity contribution in [2.45, 2.75) is 0 Å². The van der Waals surface area contributed by atoms with Gasteiger partial charge in [0.2, 0.25) is 0 Å². The van der Waals surface area contributed by atoms with Gasteiger partial charge in [0.1, 0.15) is 6.29 Å². The number of nitrogens with zero attached hydrogens (tertiary/aromatic N) is 2. The van der Waals surface area contributed by atoms with Crippen molar-refractivity contribution in [2.24, 2.45) is 0 Å². The molecular weight excluding hydrogens is 200 g/mol. The number of rotatable bonds is 3. The van der Waals surface area contributed by atoms with Crippen molar-refractivity contribution in [3.63, 3.8) is 0 Å². The van der Waals surface area contributed by atoms with Gasteiger partial charge in [0, 0.05) is 18.0 Å².